The van der Waals surface area contributed by atoms with Crippen molar-refractivity contribution in [1.29, 1.82) is 0 Å². The van der Waals surface area contributed by atoms with Crippen molar-refractivity contribution >= 4 is 5.97 Å². The molecule has 0 N–H and O–H groups in total. The maximum atomic E-state index is 11.9. The molecule has 1 spiro atoms. The van der Waals surface area contributed by atoms with Gasteiger partial charge in [-0.1, -0.05) is 20.3 Å². The summed E-state index contributed by atoms with van der Waals surface area (Å²) in [5.41, 5.74) is -0.614. The molecule has 0 aromatic heterocycles. The second-order valence-corrected chi connectivity index (χ2v) is 5.89. The lowest BCUT2D eigenvalue weighted by atomic mass is 9.65. The van der Waals surface area contributed by atoms with Crippen molar-refractivity contribution in [3.8, 4) is 0 Å². The van der Waals surface area contributed by atoms with Gasteiger partial charge in [0.25, 0.3) is 0 Å². The fourth-order valence-corrected chi connectivity index (χ4v) is 3.56. The maximum absolute atomic E-state index is 11.9. The van der Waals surface area contributed by atoms with E-state index >= 15 is 0 Å². The third-order valence-electron chi connectivity index (χ3n) is 4.52. The zero-order valence-electron chi connectivity index (χ0n) is 11.0. The maximum Gasteiger partial charge on any atom is 0.311 e. The van der Waals surface area contributed by atoms with Gasteiger partial charge in [0.15, 0.2) is 11.9 Å². The predicted octanol–water partition coefficient (Wildman–Crippen LogP) is 2.00. The van der Waals surface area contributed by atoms with E-state index in [4.69, 9.17) is 19.2 Å². The molecule has 6 atom stereocenters. The molecule has 5 heteroatoms. The van der Waals surface area contributed by atoms with Crippen LogP contribution in [0.2, 0.25) is 0 Å². The van der Waals surface area contributed by atoms with Gasteiger partial charge in [-0.15, -0.1) is 0 Å². The van der Waals surface area contributed by atoms with E-state index in [1.807, 2.05) is 6.92 Å². The summed E-state index contributed by atoms with van der Waals surface area (Å²) in [7, 11) is 0. The molecule has 18 heavy (non-hydrogen) atoms. The van der Waals surface area contributed by atoms with Crippen LogP contribution in [0.4, 0.5) is 0 Å². The Labute approximate surface area is 107 Å². The molecule has 102 valence electrons. The summed E-state index contributed by atoms with van der Waals surface area (Å²) in [4.78, 5) is 22.8. The molecule has 0 amide bonds. The lowest BCUT2D eigenvalue weighted by Gasteiger charge is -2.54. The van der Waals surface area contributed by atoms with Crippen LogP contribution in [-0.4, -0.2) is 24.2 Å². The van der Waals surface area contributed by atoms with Crippen molar-refractivity contribution < 1.29 is 24.0 Å². The minimum absolute atomic E-state index is 0.118. The first kappa shape index (κ1) is 12.4. The van der Waals surface area contributed by atoms with E-state index in [-0.39, 0.29) is 17.8 Å². The number of esters is 1. The molecule has 3 rings (SSSR count). The zero-order chi connectivity index (χ0) is 12.9. The molecule has 0 bridgehead atoms. The fourth-order valence-electron chi connectivity index (χ4n) is 3.56. The molecule has 0 aromatic rings. The fraction of sp³-hybridized carbons (Fsp3) is 0.923. The molecule has 2 saturated heterocycles. The Morgan fingerprint density at radius 2 is 2.00 bits per heavy atom. The molecule has 1 saturated carbocycles. The summed E-state index contributed by atoms with van der Waals surface area (Å²) in [5.74, 6) is 0.294. The number of carbonyl (C=O) groups excluding carboxylic acids is 1. The molecular weight excluding hydrogens is 236 g/mol. The predicted molar refractivity (Wildman–Crippen MR) is 61.0 cm³/mol. The second kappa shape index (κ2) is 4.18. The van der Waals surface area contributed by atoms with Gasteiger partial charge in [-0.3, -0.25) is 4.79 Å². The molecule has 0 aromatic carbocycles. The summed E-state index contributed by atoms with van der Waals surface area (Å²) < 4.78 is 11.0. The molecule has 0 radical (unpaired) electrons. The van der Waals surface area contributed by atoms with Gasteiger partial charge in [-0.2, -0.15) is 0 Å². The van der Waals surface area contributed by atoms with Crippen LogP contribution in [0.1, 0.15) is 40.0 Å². The van der Waals surface area contributed by atoms with Crippen LogP contribution in [0, 0.1) is 17.8 Å². The van der Waals surface area contributed by atoms with E-state index in [0.717, 1.165) is 19.3 Å². The van der Waals surface area contributed by atoms with Crippen LogP contribution in [-0.2, 0) is 24.0 Å². The van der Waals surface area contributed by atoms with Crippen LogP contribution < -0.4 is 0 Å². The molecule has 1 aliphatic carbocycles. The first-order valence-electron chi connectivity index (χ1n) is 6.73. The third-order valence-corrected chi connectivity index (χ3v) is 4.52. The number of carbonyl (C=O) groups is 1. The van der Waals surface area contributed by atoms with Crippen molar-refractivity contribution in [2.75, 3.05) is 0 Å². The highest BCUT2D eigenvalue weighted by atomic mass is 17.2. The van der Waals surface area contributed by atoms with Gasteiger partial charge in [0.1, 0.15) is 0 Å². The normalized spacial score (nSPS) is 52.2. The summed E-state index contributed by atoms with van der Waals surface area (Å²) in [6.07, 6.45) is 1.75. The second-order valence-electron chi connectivity index (χ2n) is 5.89. The molecule has 2 aliphatic heterocycles. The van der Waals surface area contributed by atoms with Gasteiger partial charge in [0.05, 0.1) is 5.92 Å². The highest BCUT2D eigenvalue weighted by molar-refractivity contribution is 5.74. The van der Waals surface area contributed by atoms with Crippen LogP contribution in [0.15, 0.2) is 0 Å². The van der Waals surface area contributed by atoms with Crippen molar-refractivity contribution in [2.24, 2.45) is 17.8 Å². The van der Waals surface area contributed by atoms with Gasteiger partial charge in [0, 0.05) is 5.92 Å². The molecule has 5 nitrogen and oxygen atoms in total. The van der Waals surface area contributed by atoms with Crippen molar-refractivity contribution in [2.45, 2.75) is 58.2 Å². The largest absolute Gasteiger partial charge is 0.432 e. The van der Waals surface area contributed by atoms with Crippen LogP contribution in [0.3, 0.4) is 0 Å². The average Bonchev–Trinajstić information content (AvgIpc) is 2.32. The average molecular weight is 256 g/mol. The standard InChI is InChI=1S/C13H20O5/c1-7-4-5-10-8(2)11(14)16-12-13(10,6-7)18-17-9(3)15-12/h7-10,12H,4-6H2,1-3H3/t7-,8-,9+,10+,12+,13-/m1/s1. The Kier molecular flexibility index (Phi) is 2.88. The van der Waals surface area contributed by atoms with E-state index in [0.29, 0.717) is 5.92 Å². The highest BCUT2D eigenvalue weighted by Crippen LogP contribution is 2.51. The number of ether oxygens (including phenoxy) is 2. The van der Waals surface area contributed by atoms with Crippen LogP contribution in [0.5, 0.6) is 0 Å². The van der Waals surface area contributed by atoms with Gasteiger partial charge in [0.2, 0.25) is 6.29 Å². The van der Waals surface area contributed by atoms with Crippen LogP contribution in [0.25, 0.3) is 0 Å². The summed E-state index contributed by atoms with van der Waals surface area (Å²) in [5, 5.41) is 0. The Morgan fingerprint density at radius 1 is 1.22 bits per heavy atom. The van der Waals surface area contributed by atoms with E-state index in [9.17, 15) is 4.79 Å². The van der Waals surface area contributed by atoms with Crippen LogP contribution >= 0.6 is 0 Å². The molecule has 2 heterocycles. The van der Waals surface area contributed by atoms with E-state index in [1.165, 1.54) is 0 Å². The lowest BCUT2D eigenvalue weighted by molar-refractivity contribution is -0.528. The number of hydrogen-bond donors (Lipinski definition) is 0. The van der Waals surface area contributed by atoms with Crippen molar-refractivity contribution in [1.82, 2.24) is 0 Å². The van der Waals surface area contributed by atoms with Gasteiger partial charge in [-0.25, -0.2) is 9.78 Å². The number of hydrogen-bond acceptors (Lipinski definition) is 5. The smallest absolute Gasteiger partial charge is 0.311 e. The monoisotopic (exact) mass is 256 g/mol. The lowest BCUT2D eigenvalue weighted by Crippen LogP contribution is -2.66. The summed E-state index contributed by atoms with van der Waals surface area (Å²) >= 11 is 0. The van der Waals surface area contributed by atoms with Gasteiger partial charge < -0.3 is 9.47 Å². The van der Waals surface area contributed by atoms with Crippen molar-refractivity contribution in [3.63, 3.8) is 0 Å². The first-order chi connectivity index (χ1) is 8.53. The Morgan fingerprint density at radius 3 is 2.78 bits per heavy atom. The summed E-state index contributed by atoms with van der Waals surface area (Å²) in [6.45, 7) is 5.83. The topological polar surface area (TPSA) is 54.0 Å². The highest BCUT2D eigenvalue weighted by Gasteiger charge is 2.62. The SMILES string of the molecule is C[C@@H]1CC[C@H]2[C@@H](C)C(=O)O[C@@H]3O[C@H](C)OO[C@@]32C1. The van der Waals surface area contributed by atoms with E-state index in [2.05, 4.69) is 6.92 Å². The van der Waals surface area contributed by atoms with Gasteiger partial charge >= 0.3 is 5.97 Å². The Balaban J connectivity index is 1.94. The number of rotatable bonds is 0. The van der Waals surface area contributed by atoms with Crippen molar-refractivity contribution in [3.05, 3.63) is 0 Å². The summed E-state index contributed by atoms with van der Waals surface area (Å²) in [6, 6.07) is 0. The Bertz CT molecular complexity index is 357. The molecule has 0 unspecified atom stereocenters. The quantitative estimate of drug-likeness (QED) is 0.490. The van der Waals surface area contributed by atoms with E-state index < -0.39 is 18.2 Å². The Hall–Kier alpha value is -0.650. The first-order valence-corrected chi connectivity index (χ1v) is 6.73. The molecule has 3 aliphatic rings. The minimum atomic E-state index is -0.627. The van der Waals surface area contributed by atoms with E-state index in [1.54, 1.807) is 6.92 Å². The third kappa shape index (κ3) is 1.68. The van der Waals surface area contributed by atoms with Gasteiger partial charge in [-0.05, 0) is 25.7 Å². The minimum Gasteiger partial charge on any atom is -0.432 e. The zero-order valence-corrected chi connectivity index (χ0v) is 11.0. The molecule has 3 fully saturated rings. The molecular formula is C13H20O5.